The van der Waals surface area contributed by atoms with E-state index in [4.69, 9.17) is 0 Å². The second-order valence-electron chi connectivity index (χ2n) is 5.63. The molecule has 2 atom stereocenters. The molecule has 0 amide bonds. The van der Waals surface area contributed by atoms with Crippen LogP contribution in [-0.4, -0.2) is 5.11 Å². The molecular weight excluding hydrogens is 312 g/mol. The topological polar surface area (TPSA) is 20.2 Å². The number of hydrogen-bond donors (Lipinski definition) is 1. The van der Waals surface area contributed by atoms with Gasteiger partial charge in [0.2, 0.25) is 0 Å². The second kappa shape index (κ2) is 6.01. The summed E-state index contributed by atoms with van der Waals surface area (Å²) in [5, 5.41) is 9.61. The van der Waals surface area contributed by atoms with Crippen LogP contribution in [0, 0.1) is 5.92 Å². The van der Waals surface area contributed by atoms with Crippen LogP contribution in [-0.2, 0) is 12.8 Å². The van der Waals surface area contributed by atoms with Crippen LogP contribution >= 0.6 is 15.9 Å². The van der Waals surface area contributed by atoms with Gasteiger partial charge < -0.3 is 5.11 Å². The van der Waals surface area contributed by atoms with E-state index in [1.165, 1.54) is 36.0 Å². The van der Waals surface area contributed by atoms with Crippen LogP contribution in [0.15, 0.2) is 48.5 Å². The monoisotopic (exact) mass is 330 g/mol. The maximum atomic E-state index is 9.61. The number of aromatic hydroxyl groups is 1. The molecular formula is C18H19BrO. The molecule has 2 aromatic rings. The summed E-state index contributed by atoms with van der Waals surface area (Å²) in [4.78, 5) is 0.406. The predicted octanol–water partition coefficient (Wildman–Crippen LogP) is 5.02. The molecule has 104 valence electrons. The van der Waals surface area contributed by atoms with Gasteiger partial charge in [-0.1, -0.05) is 52.3 Å². The van der Waals surface area contributed by atoms with E-state index in [1.807, 2.05) is 12.1 Å². The lowest BCUT2D eigenvalue weighted by molar-refractivity contribution is 0.463. The minimum atomic E-state index is 0.364. The molecule has 1 N–H and O–H groups in total. The van der Waals surface area contributed by atoms with Gasteiger partial charge in [0.15, 0.2) is 0 Å². The second-order valence-corrected chi connectivity index (χ2v) is 6.61. The lowest BCUT2D eigenvalue weighted by Gasteiger charge is -2.21. The van der Waals surface area contributed by atoms with Gasteiger partial charge in [-0.25, -0.2) is 0 Å². The molecule has 20 heavy (non-hydrogen) atoms. The number of fused-ring (bicyclic) bond motifs is 1. The maximum absolute atomic E-state index is 9.61. The minimum absolute atomic E-state index is 0.364. The Kier molecular flexibility index (Phi) is 4.11. The Morgan fingerprint density at radius 2 is 1.95 bits per heavy atom. The molecule has 0 radical (unpaired) electrons. The summed E-state index contributed by atoms with van der Waals surface area (Å²) < 4.78 is 0. The zero-order chi connectivity index (χ0) is 13.9. The number of rotatable bonds is 2. The smallest absolute Gasteiger partial charge is 0.115 e. The fourth-order valence-electron chi connectivity index (χ4n) is 3.18. The van der Waals surface area contributed by atoms with Gasteiger partial charge in [-0.3, -0.25) is 0 Å². The third kappa shape index (κ3) is 2.90. The number of phenols is 1. The van der Waals surface area contributed by atoms with Gasteiger partial charge in [-0.2, -0.15) is 0 Å². The molecule has 0 aliphatic heterocycles. The maximum Gasteiger partial charge on any atom is 0.115 e. The number of phenolic OH excluding ortho intramolecular Hbond substituents is 1. The van der Waals surface area contributed by atoms with Crippen molar-refractivity contribution in [2.45, 2.75) is 30.5 Å². The zero-order valence-electron chi connectivity index (χ0n) is 11.4. The largest absolute Gasteiger partial charge is 0.508 e. The Morgan fingerprint density at radius 3 is 2.80 bits per heavy atom. The van der Waals surface area contributed by atoms with Crippen molar-refractivity contribution >= 4 is 15.9 Å². The van der Waals surface area contributed by atoms with E-state index in [9.17, 15) is 5.11 Å². The molecule has 2 aromatic carbocycles. The summed E-state index contributed by atoms with van der Waals surface area (Å²) in [6, 6.07) is 16.4. The molecule has 0 saturated heterocycles. The van der Waals surface area contributed by atoms with Gasteiger partial charge in [0.1, 0.15) is 5.75 Å². The highest BCUT2D eigenvalue weighted by Crippen LogP contribution is 2.41. The normalized spacial score (nSPS) is 22.1. The van der Waals surface area contributed by atoms with E-state index in [1.54, 1.807) is 6.07 Å². The minimum Gasteiger partial charge on any atom is -0.508 e. The van der Waals surface area contributed by atoms with Crippen molar-refractivity contribution in [3.05, 3.63) is 65.2 Å². The first kappa shape index (κ1) is 13.7. The molecule has 3 rings (SSSR count). The van der Waals surface area contributed by atoms with E-state index >= 15 is 0 Å². The molecule has 0 heterocycles. The predicted molar refractivity (Wildman–Crippen MR) is 86.3 cm³/mol. The zero-order valence-corrected chi connectivity index (χ0v) is 13.0. The van der Waals surface area contributed by atoms with E-state index < -0.39 is 0 Å². The first-order valence-electron chi connectivity index (χ1n) is 7.24. The SMILES string of the molecule is Oc1cccc(CC2CCCc3ccccc3C2Br)c1. The molecule has 0 saturated carbocycles. The Balaban J connectivity index is 1.84. The summed E-state index contributed by atoms with van der Waals surface area (Å²) in [7, 11) is 0. The van der Waals surface area contributed by atoms with Crippen LogP contribution in [0.25, 0.3) is 0 Å². The van der Waals surface area contributed by atoms with Crippen molar-refractivity contribution in [1.29, 1.82) is 0 Å². The van der Waals surface area contributed by atoms with Crippen LogP contribution in [0.4, 0.5) is 0 Å². The third-order valence-electron chi connectivity index (χ3n) is 4.20. The van der Waals surface area contributed by atoms with Gasteiger partial charge >= 0.3 is 0 Å². The number of benzene rings is 2. The van der Waals surface area contributed by atoms with Crippen molar-refractivity contribution in [2.24, 2.45) is 5.92 Å². The highest BCUT2D eigenvalue weighted by Gasteiger charge is 2.25. The summed E-state index contributed by atoms with van der Waals surface area (Å²) in [6.07, 6.45) is 4.65. The number of aryl methyl sites for hydroxylation is 1. The lowest BCUT2D eigenvalue weighted by Crippen LogP contribution is -2.10. The van der Waals surface area contributed by atoms with Gasteiger partial charge in [-0.15, -0.1) is 0 Å². The molecule has 0 aromatic heterocycles. The molecule has 0 fully saturated rings. The fraction of sp³-hybridized carbons (Fsp3) is 0.333. The number of alkyl halides is 1. The van der Waals surface area contributed by atoms with Crippen molar-refractivity contribution in [1.82, 2.24) is 0 Å². The van der Waals surface area contributed by atoms with Crippen molar-refractivity contribution in [2.75, 3.05) is 0 Å². The van der Waals surface area contributed by atoms with Crippen LogP contribution in [0.5, 0.6) is 5.75 Å². The standard InChI is InChI=1S/C18H19BrO/c19-18-15(11-13-5-3-9-16(20)12-13)8-4-7-14-6-1-2-10-17(14)18/h1-3,5-6,9-10,12,15,18,20H,4,7-8,11H2. The fourth-order valence-corrected chi connectivity index (χ4v) is 4.08. The first-order chi connectivity index (χ1) is 9.74. The summed E-state index contributed by atoms with van der Waals surface area (Å²) in [6.45, 7) is 0. The van der Waals surface area contributed by atoms with Crippen LogP contribution < -0.4 is 0 Å². The van der Waals surface area contributed by atoms with Gasteiger partial charge in [0.05, 0.1) is 0 Å². The third-order valence-corrected chi connectivity index (χ3v) is 5.44. The van der Waals surface area contributed by atoms with Crippen molar-refractivity contribution < 1.29 is 5.11 Å². The molecule has 1 aliphatic carbocycles. The molecule has 2 heteroatoms. The molecule has 0 spiro atoms. The molecule has 1 aliphatic rings. The average molecular weight is 331 g/mol. The Labute approximate surface area is 128 Å². The number of hydrogen-bond acceptors (Lipinski definition) is 1. The van der Waals surface area contributed by atoms with E-state index in [0.29, 0.717) is 16.5 Å². The van der Waals surface area contributed by atoms with Gasteiger partial charge in [0, 0.05) is 4.83 Å². The summed E-state index contributed by atoms with van der Waals surface area (Å²) >= 11 is 3.92. The Bertz CT molecular complexity index is 593. The van der Waals surface area contributed by atoms with Gasteiger partial charge in [-0.05, 0) is 60.4 Å². The Morgan fingerprint density at radius 1 is 1.10 bits per heavy atom. The van der Waals surface area contributed by atoms with Crippen molar-refractivity contribution in [3.8, 4) is 5.75 Å². The van der Waals surface area contributed by atoms with Crippen molar-refractivity contribution in [3.63, 3.8) is 0 Å². The summed E-state index contributed by atoms with van der Waals surface area (Å²) in [5.41, 5.74) is 4.14. The van der Waals surface area contributed by atoms with E-state index in [2.05, 4.69) is 46.3 Å². The highest BCUT2D eigenvalue weighted by molar-refractivity contribution is 9.09. The first-order valence-corrected chi connectivity index (χ1v) is 8.15. The quantitative estimate of drug-likeness (QED) is 0.605. The summed E-state index contributed by atoms with van der Waals surface area (Å²) in [5.74, 6) is 0.947. The highest BCUT2D eigenvalue weighted by atomic mass is 79.9. The number of halogens is 1. The van der Waals surface area contributed by atoms with Gasteiger partial charge in [0.25, 0.3) is 0 Å². The molecule has 2 unspecified atom stereocenters. The van der Waals surface area contributed by atoms with Crippen LogP contribution in [0.1, 0.15) is 34.4 Å². The van der Waals surface area contributed by atoms with E-state index in [-0.39, 0.29) is 0 Å². The Hall–Kier alpha value is -1.28. The van der Waals surface area contributed by atoms with Crippen LogP contribution in [0.3, 0.4) is 0 Å². The average Bonchev–Trinajstić information content (AvgIpc) is 2.60. The molecule has 0 bridgehead atoms. The molecule has 1 nitrogen and oxygen atoms in total. The lowest BCUT2D eigenvalue weighted by atomic mass is 9.90. The van der Waals surface area contributed by atoms with E-state index in [0.717, 1.165) is 6.42 Å². The van der Waals surface area contributed by atoms with Crippen LogP contribution in [0.2, 0.25) is 0 Å².